The Morgan fingerprint density at radius 3 is 1.20 bits per heavy atom. The highest BCUT2D eigenvalue weighted by Gasteiger charge is 2.42. The van der Waals surface area contributed by atoms with Gasteiger partial charge in [-0.2, -0.15) is 0 Å². The molecule has 8 heterocycles. The number of nitrogens with zero attached hydrogens (tertiary/aromatic N) is 4. The summed E-state index contributed by atoms with van der Waals surface area (Å²) in [5.74, 6) is 0.0522. The number of carbonyl (C=O) groups excluding carboxylic acids is 2. The number of fused-ring (bicyclic) bond motifs is 8. The minimum Gasteiger partial charge on any atom is -0.444 e. The van der Waals surface area contributed by atoms with Crippen molar-refractivity contribution in [3.63, 3.8) is 0 Å². The van der Waals surface area contributed by atoms with Crippen LogP contribution in [0.25, 0.3) is 0 Å². The number of hydrogen-bond acceptors (Lipinski definition) is 10. The lowest BCUT2D eigenvalue weighted by Crippen LogP contribution is -2.53. The van der Waals surface area contributed by atoms with Gasteiger partial charge in [0.15, 0.2) is 19.7 Å². The third-order valence-corrected chi connectivity index (χ3v) is 16.3. The van der Waals surface area contributed by atoms with Crippen molar-refractivity contribution in [3.05, 3.63) is 130 Å². The van der Waals surface area contributed by atoms with Crippen molar-refractivity contribution >= 4 is 31.9 Å². The maximum absolute atomic E-state index is 13.6. The van der Waals surface area contributed by atoms with Crippen LogP contribution in [0, 0.1) is 23.5 Å². The largest absolute Gasteiger partial charge is 0.444 e. The second-order valence-corrected chi connectivity index (χ2v) is 22.2. The van der Waals surface area contributed by atoms with Crippen LogP contribution in [-0.4, -0.2) is 126 Å². The number of carbonyl (C=O) groups is 2. The van der Waals surface area contributed by atoms with E-state index in [-0.39, 0.29) is 33.6 Å². The zero-order valence-electron chi connectivity index (χ0n) is 36.1. The van der Waals surface area contributed by atoms with Crippen molar-refractivity contribution in [2.45, 2.75) is 72.6 Å². The average Bonchev–Trinajstić information content (AvgIpc) is 3.29. The number of sulfone groups is 2. The molecule has 12 nitrogen and oxygen atoms in total. The van der Waals surface area contributed by atoms with Crippen LogP contribution in [0.5, 0.6) is 0 Å². The molecule has 0 radical (unpaired) electrons. The fraction of sp³-hybridized carbons (Fsp3) is 0.458. The first-order valence-electron chi connectivity index (χ1n) is 22.1. The summed E-state index contributed by atoms with van der Waals surface area (Å²) in [6.45, 7) is 6.66. The molecule has 0 aliphatic carbocycles. The second kappa shape index (κ2) is 17.8. The first kappa shape index (κ1) is 44.3. The van der Waals surface area contributed by atoms with Crippen LogP contribution in [-0.2, 0) is 42.0 Å². The molecule has 4 atom stereocenters. The predicted octanol–water partition coefficient (Wildman–Crippen LogP) is 6.82. The Bertz CT molecular complexity index is 2440. The van der Waals surface area contributed by atoms with E-state index in [0.717, 1.165) is 98.3 Å². The van der Waals surface area contributed by atoms with Crippen molar-refractivity contribution in [3.8, 4) is 0 Å². The minimum absolute atomic E-state index is 0.123. The van der Waals surface area contributed by atoms with E-state index >= 15 is 0 Å². The van der Waals surface area contributed by atoms with Gasteiger partial charge in [0, 0.05) is 38.7 Å². The van der Waals surface area contributed by atoms with Crippen LogP contribution in [0.4, 0.5) is 18.4 Å². The molecule has 2 amide bonds. The summed E-state index contributed by atoms with van der Waals surface area (Å²) < 4.78 is 88.1. The number of hydrogen-bond donors (Lipinski definition) is 0. The summed E-state index contributed by atoms with van der Waals surface area (Å²) in [6.07, 6.45) is 6.68. The first-order chi connectivity index (χ1) is 30.6. The number of halogens is 2. The molecule has 0 spiro atoms. The van der Waals surface area contributed by atoms with Gasteiger partial charge in [-0.05, 0) is 158 Å². The summed E-state index contributed by atoms with van der Waals surface area (Å²) in [4.78, 5) is 35.2. The highest BCUT2D eigenvalue weighted by atomic mass is 32.2. The molecule has 4 aromatic rings. The van der Waals surface area contributed by atoms with Crippen LogP contribution in [0.15, 0.2) is 94.7 Å². The number of benzene rings is 4. The number of piperidine rings is 6. The molecular weight excluding hydrogens is 863 g/mol. The van der Waals surface area contributed by atoms with E-state index in [9.17, 15) is 35.2 Å². The quantitative estimate of drug-likeness (QED) is 0.203. The van der Waals surface area contributed by atoms with Crippen molar-refractivity contribution in [1.82, 2.24) is 19.6 Å². The Kier molecular flexibility index (Phi) is 12.3. The first-order valence-corrected chi connectivity index (χ1v) is 25.9. The van der Waals surface area contributed by atoms with Crippen molar-refractivity contribution in [2.75, 3.05) is 64.9 Å². The zero-order valence-corrected chi connectivity index (χ0v) is 37.7. The Morgan fingerprint density at radius 2 is 0.891 bits per heavy atom. The average molecular weight is 917 g/mol. The molecule has 4 aromatic carbocycles. The van der Waals surface area contributed by atoms with Gasteiger partial charge >= 0.3 is 12.2 Å². The summed E-state index contributed by atoms with van der Waals surface area (Å²) >= 11 is 0. The summed E-state index contributed by atoms with van der Waals surface area (Å²) in [5, 5.41) is 0. The molecule has 6 fully saturated rings. The van der Waals surface area contributed by atoms with Gasteiger partial charge in [-0.1, -0.05) is 36.4 Å². The third kappa shape index (κ3) is 9.29. The molecule has 0 unspecified atom stereocenters. The van der Waals surface area contributed by atoms with Gasteiger partial charge in [0.1, 0.15) is 23.8 Å². The van der Waals surface area contributed by atoms with E-state index < -0.39 is 43.9 Å². The van der Waals surface area contributed by atoms with Crippen LogP contribution in [0.1, 0.15) is 71.1 Å². The van der Waals surface area contributed by atoms with Gasteiger partial charge in [0.25, 0.3) is 0 Å². The Balaban J connectivity index is 0.000000162. The fourth-order valence-corrected chi connectivity index (χ4v) is 11.8. The minimum atomic E-state index is -3.42. The van der Waals surface area contributed by atoms with Crippen LogP contribution in [0.3, 0.4) is 0 Å². The molecule has 64 heavy (non-hydrogen) atoms. The Labute approximate surface area is 374 Å². The molecule has 6 saturated heterocycles. The summed E-state index contributed by atoms with van der Waals surface area (Å²) in [7, 11) is -6.83. The molecule has 0 aromatic heterocycles. The lowest BCUT2D eigenvalue weighted by Gasteiger charge is -2.45. The molecule has 0 N–H and O–H groups in total. The standard InChI is InChI=1S/2C24H27FN2O4S/c2*1-32(29,30)20-7-4-16-10-13-27(23(21(16)14-20)18-2-5-19(25)6-3-18)24(28)31-22-15-26-11-8-17(22)9-12-26/h2*2-7,14,17,22-23H,8-13,15H2,1H3/t22-,23+;22-,23-/m11/s1. The highest BCUT2D eigenvalue weighted by molar-refractivity contribution is 7.91. The predicted molar refractivity (Wildman–Crippen MR) is 235 cm³/mol. The van der Waals surface area contributed by atoms with Gasteiger partial charge in [-0.3, -0.25) is 19.6 Å². The summed E-state index contributed by atoms with van der Waals surface area (Å²) in [6, 6.07) is 21.1. The van der Waals surface area contributed by atoms with E-state index in [1.54, 1.807) is 58.3 Å². The lowest BCUT2D eigenvalue weighted by molar-refractivity contribution is -0.0465. The van der Waals surface area contributed by atoms with Gasteiger partial charge in [-0.15, -0.1) is 0 Å². The van der Waals surface area contributed by atoms with Crippen molar-refractivity contribution < 1.29 is 44.7 Å². The third-order valence-electron chi connectivity index (χ3n) is 14.1. The maximum Gasteiger partial charge on any atom is 0.410 e. The van der Waals surface area contributed by atoms with Crippen molar-refractivity contribution in [1.29, 1.82) is 0 Å². The van der Waals surface area contributed by atoms with E-state index in [1.807, 2.05) is 12.1 Å². The van der Waals surface area contributed by atoms with Gasteiger partial charge < -0.3 is 9.47 Å². The fourth-order valence-electron chi connectivity index (χ4n) is 10.5. The molecule has 0 saturated carbocycles. The topological polar surface area (TPSA) is 134 Å². The second-order valence-electron chi connectivity index (χ2n) is 18.2. The van der Waals surface area contributed by atoms with Crippen LogP contribution >= 0.6 is 0 Å². The summed E-state index contributed by atoms with van der Waals surface area (Å²) in [5.41, 5.74) is 4.92. The van der Waals surface area contributed by atoms with Crippen molar-refractivity contribution in [2.24, 2.45) is 11.8 Å². The molecule has 4 bridgehead atoms. The van der Waals surface area contributed by atoms with E-state index in [4.69, 9.17) is 9.47 Å². The normalized spacial score (nSPS) is 27.1. The number of amides is 2. The monoisotopic (exact) mass is 916 g/mol. The van der Waals surface area contributed by atoms with E-state index in [0.29, 0.717) is 37.8 Å². The Hall–Kier alpha value is -4.90. The molecule has 8 aliphatic rings. The Morgan fingerprint density at radius 1 is 0.531 bits per heavy atom. The van der Waals surface area contributed by atoms with Crippen LogP contribution < -0.4 is 0 Å². The van der Waals surface area contributed by atoms with Gasteiger partial charge in [0.2, 0.25) is 0 Å². The smallest absolute Gasteiger partial charge is 0.410 e. The van der Waals surface area contributed by atoms with E-state index in [1.165, 1.54) is 36.8 Å². The molecule has 16 heteroatoms. The molecule has 12 rings (SSSR count). The highest BCUT2D eigenvalue weighted by Crippen LogP contribution is 2.40. The molecule has 340 valence electrons. The number of rotatable bonds is 6. The van der Waals surface area contributed by atoms with Gasteiger partial charge in [-0.25, -0.2) is 35.2 Å². The maximum atomic E-state index is 13.6. The van der Waals surface area contributed by atoms with Crippen LogP contribution in [0.2, 0.25) is 0 Å². The van der Waals surface area contributed by atoms with E-state index in [2.05, 4.69) is 9.80 Å². The molecular formula is C48H54F2N4O8S2. The number of ether oxygens (including phenoxy) is 2. The molecule has 8 aliphatic heterocycles. The van der Waals surface area contributed by atoms with Gasteiger partial charge in [0.05, 0.1) is 21.9 Å². The zero-order chi connectivity index (χ0) is 44.9. The SMILES string of the molecule is CS(=O)(=O)c1ccc2c(c1)[C@@H](c1ccc(F)cc1)N(C(=O)O[C@@H]1CN3CCC1CC3)CC2.CS(=O)(=O)c1ccc2c(c1)[C@H](c1ccc(F)cc1)N(C(=O)O[C@@H]1CN3CCC1CC3)CC2. The lowest BCUT2D eigenvalue weighted by atomic mass is 9.86.